The summed E-state index contributed by atoms with van der Waals surface area (Å²) < 4.78 is 4.81. The molecule has 0 radical (unpaired) electrons. The maximum Gasteiger partial charge on any atom is 0.302 e. The van der Waals surface area contributed by atoms with Crippen LogP contribution in [0.1, 0.15) is 46.0 Å². The lowest BCUT2D eigenvalue weighted by Crippen LogP contribution is -2.00. The fraction of sp³-hybridized carbons (Fsp3) is 0.727. The molecule has 0 aliphatic carbocycles. The van der Waals surface area contributed by atoms with E-state index in [9.17, 15) is 4.79 Å². The van der Waals surface area contributed by atoms with Crippen LogP contribution in [0.3, 0.4) is 0 Å². The largest absolute Gasteiger partial charge is 0.466 e. The second-order valence-electron chi connectivity index (χ2n) is 3.46. The molecule has 0 aromatic heterocycles. The first-order chi connectivity index (χ1) is 6.13. The van der Waals surface area contributed by atoms with E-state index in [2.05, 4.69) is 13.5 Å². The van der Waals surface area contributed by atoms with Gasteiger partial charge < -0.3 is 4.74 Å². The maximum absolute atomic E-state index is 10.4. The molecule has 0 amide bonds. The van der Waals surface area contributed by atoms with E-state index in [0.29, 0.717) is 6.61 Å². The van der Waals surface area contributed by atoms with E-state index in [1.165, 1.54) is 25.3 Å². The van der Waals surface area contributed by atoms with Crippen LogP contribution in [0.5, 0.6) is 0 Å². The minimum atomic E-state index is -0.179. The van der Waals surface area contributed by atoms with Gasteiger partial charge in [0.2, 0.25) is 0 Å². The van der Waals surface area contributed by atoms with Crippen molar-refractivity contribution in [3.63, 3.8) is 0 Å². The fourth-order valence-electron chi connectivity index (χ4n) is 1.10. The molecule has 0 saturated heterocycles. The highest BCUT2D eigenvalue weighted by atomic mass is 16.5. The van der Waals surface area contributed by atoms with Crippen LogP contribution >= 0.6 is 0 Å². The molecule has 2 nitrogen and oxygen atoms in total. The van der Waals surface area contributed by atoms with E-state index in [-0.39, 0.29) is 5.97 Å². The normalized spacial score (nSPS) is 9.69. The lowest BCUT2D eigenvalue weighted by atomic mass is 10.1. The molecule has 0 aromatic carbocycles. The average molecular weight is 184 g/mol. The highest BCUT2D eigenvalue weighted by Gasteiger charge is 1.93. The third-order valence-corrected chi connectivity index (χ3v) is 1.80. The summed E-state index contributed by atoms with van der Waals surface area (Å²) in [5.74, 6) is -0.179. The first-order valence-corrected chi connectivity index (χ1v) is 4.90. The number of carbonyl (C=O) groups is 1. The lowest BCUT2D eigenvalue weighted by molar-refractivity contribution is -0.141. The molecular formula is C11H20O2. The van der Waals surface area contributed by atoms with Gasteiger partial charge in [-0.15, -0.1) is 6.58 Å². The zero-order valence-electron chi connectivity index (χ0n) is 8.77. The number of carbonyl (C=O) groups excluding carboxylic acids is 1. The van der Waals surface area contributed by atoms with Crippen molar-refractivity contribution < 1.29 is 9.53 Å². The average Bonchev–Trinajstić information content (AvgIpc) is 2.01. The molecule has 0 N–H and O–H groups in total. The third-order valence-electron chi connectivity index (χ3n) is 1.80. The van der Waals surface area contributed by atoms with Gasteiger partial charge in [-0.25, -0.2) is 0 Å². The molecule has 0 aromatic rings. The zero-order valence-corrected chi connectivity index (χ0v) is 8.77. The summed E-state index contributed by atoms with van der Waals surface area (Å²) in [6, 6.07) is 0. The molecule has 0 spiro atoms. The Bertz CT molecular complexity index is 143. The Morgan fingerprint density at radius 2 is 1.77 bits per heavy atom. The van der Waals surface area contributed by atoms with Crippen molar-refractivity contribution in [1.29, 1.82) is 0 Å². The van der Waals surface area contributed by atoms with Gasteiger partial charge in [-0.1, -0.05) is 18.4 Å². The predicted molar refractivity (Wildman–Crippen MR) is 54.5 cm³/mol. The molecule has 0 rings (SSSR count). The van der Waals surface area contributed by atoms with Gasteiger partial charge in [-0.3, -0.25) is 4.79 Å². The van der Waals surface area contributed by atoms with E-state index >= 15 is 0 Å². The van der Waals surface area contributed by atoms with Crippen molar-refractivity contribution >= 4 is 5.97 Å². The molecule has 2 heteroatoms. The van der Waals surface area contributed by atoms with Crippen molar-refractivity contribution in [2.45, 2.75) is 46.0 Å². The van der Waals surface area contributed by atoms with Crippen molar-refractivity contribution in [3.8, 4) is 0 Å². The van der Waals surface area contributed by atoms with Gasteiger partial charge in [0.15, 0.2) is 0 Å². The van der Waals surface area contributed by atoms with E-state index in [1.54, 1.807) is 0 Å². The number of rotatable bonds is 7. The Kier molecular flexibility index (Phi) is 7.36. The molecule has 13 heavy (non-hydrogen) atoms. The van der Waals surface area contributed by atoms with Gasteiger partial charge in [-0.05, 0) is 26.2 Å². The minimum Gasteiger partial charge on any atom is -0.466 e. The molecule has 0 unspecified atom stereocenters. The zero-order chi connectivity index (χ0) is 10.1. The molecule has 0 saturated carbocycles. The standard InChI is InChI=1S/C11H20O2/c1-10(2)8-6-4-5-7-9-13-11(3)12/h1,4-9H2,2-3H3. The second kappa shape index (κ2) is 7.84. The molecule has 0 aliphatic rings. The summed E-state index contributed by atoms with van der Waals surface area (Å²) in [6.07, 6.45) is 5.65. The van der Waals surface area contributed by atoms with E-state index in [4.69, 9.17) is 4.74 Å². The van der Waals surface area contributed by atoms with E-state index < -0.39 is 0 Å². The van der Waals surface area contributed by atoms with Crippen LogP contribution in [-0.4, -0.2) is 12.6 Å². The maximum atomic E-state index is 10.4. The predicted octanol–water partition coefficient (Wildman–Crippen LogP) is 3.08. The van der Waals surface area contributed by atoms with Gasteiger partial charge >= 0.3 is 5.97 Å². The van der Waals surface area contributed by atoms with Crippen molar-refractivity contribution in [3.05, 3.63) is 12.2 Å². The Balaban J connectivity index is 3.00. The number of hydrogen-bond acceptors (Lipinski definition) is 2. The van der Waals surface area contributed by atoms with Crippen molar-refractivity contribution in [2.24, 2.45) is 0 Å². The summed E-state index contributed by atoms with van der Waals surface area (Å²) >= 11 is 0. The molecule has 0 aliphatic heterocycles. The van der Waals surface area contributed by atoms with Gasteiger partial charge in [0.05, 0.1) is 6.61 Å². The Morgan fingerprint density at radius 3 is 2.31 bits per heavy atom. The summed E-state index contributed by atoms with van der Waals surface area (Å²) in [6.45, 7) is 7.91. The molecule has 0 heterocycles. The molecule has 0 atom stereocenters. The first kappa shape index (κ1) is 12.2. The number of ether oxygens (including phenoxy) is 1. The number of esters is 1. The SMILES string of the molecule is C=C(C)CCCCCCOC(C)=O. The third kappa shape index (κ3) is 11.2. The van der Waals surface area contributed by atoms with Crippen LogP contribution in [0.4, 0.5) is 0 Å². The smallest absolute Gasteiger partial charge is 0.302 e. The summed E-state index contributed by atoms with van der Waals surface area (Å²) in [5, 5.41) is 0. The van der Waals surface area contributed by atoms with Crippen molar-refractivity contribution in [1.82, 2.24) is 0 Å². The van der Waals surface area contributed by atoms with E-state index in [0.717, 1.165) is 19.3 Å². The van der Waals surface area contributed by atoms with Gasteiger partial charge in [0, 0.05) is 6.92 Å². The minimum absolute atomic E-state index is 0.179. The summed E-state index contributed by atoms with van der Waals surface area (Å²) in [4.78, 5) is 10.4. The Labute approximate surface area is 81.0 Å². The van der Waals surface area contributed by atoms with Crippen LogP contribution in [0.25, 0.3) is 0 Å². The van der Waals surface area contributed by atoms with Gasteiger partial charge in [0.1, 0.15) is 0 Å². The highest BCUT2D eigenvalue weighted by molar-refractivity contribution is 5.65. The molecule has 0 bridgehead atoms. The van der Waals surface area contributed by atoms with E-state index in [1.807, 2.05) is 0 Å². The lowest BCUT2D eigenvalue weighted by Gasteiger charge is -2.02. The topological polar surface area (TPSA) is 26.3 Å². The monoisotopic (exact) mass is 184 g/mol. The van der Waals surface area contributed by atoms with Gasteiger partial charge in [-0.2, -0.15) is 0 Å². The quantitative estimate of drug-likeness (QED) is 0.345. The number of unbranched alkanes of at least 4 members (excludes halogenated alkanes) is 3. The molecular weight excluding hydrogens is 164 g/mol. The van der Waals surface area contributed by atoms with Crippen LogP contribution in [0, 0.1) is 0 Å². The van der Waals surface area contributed by atoms with Crippen LogP contribution < -0.4 is 0 Å². The second-order valence-corrected chi connectivity index (χ2v) is 3.46. The molecule has 76 valence electrons. The van der Waals surface area contributed by atoms with Gasteiger partial charge in [0.25, 0.3) is 0 Å². The Morgan fingerprint density at radius 1 is 1.15 bits per heavy atom. The molecule has 0 fully saturated rings. The first-order valence-electron chi connectivity index (χ1n) is 4.90. The Hall–Kier alpha value is -0.790. The summed E-state index contributed by atoms with van der Waals surface area (Å²) in [5.41, 5.74) is 1.25. The van der Waals surface area contributed by atoms with Crippen LogP contribution in [0.2, 0.25) is 0 Å². The van der Waals surface area contributed by atoms with Crippen LogP contribution in [-0.2, 0) is 9.53 Å². The van der Waals surface area contributed by atoms with Crippen molar-refractivity contribution in [2.75, 3.05) is 6.61 Å². The number of hydrogen-bond donors (Lipinski definition) is 0. The van der Waals surface area contributed by atoms with Crippen LogP contribution in [0.15, 0.2) is 12.2 Å². The number of allylic oxidation sites excluding steroid dienone is 1. The summed E-state index contributed by atoms with van der Waals surface area (Å²) in [7, 11) is 0. The fourth-order valence-corrected chi connectivity index (χ4v) is 1.10. The highest BCUT2D eigenvalue weighted by Crippen LogP contribution is 2.07.